The molecule has 1 rings (SSSR count). The Bertz CT molecular complexity index is 398. The van der Waals surface area contributed by atoms with Crippen molar-refractivity contribution in [3.8, 4) is 0 Å². The summed E-state index contributed by atoms with van der Waals surface area (Å²) in [5.41, 5.74) is 0.338. The molecule has 0 aliphatic heterocycles. The van der Waals surface area contributed by atoms with Crippen molar-refractivity contribution in [3.05, 3.63) is 0 Å². The molecular formula is C17H35NO2S. The van der Waals surface area contributed by atoms with E-state index in [1.54, 1.807) is 0 Å². The summed E-state index contributed by atoms with van der Waals surface area (Å²) >= 11 is 0. The molecule has 1 saturated carbocycles. The SMILES string of the molecule is CCCNCC1CCC(C(C)(C)C)CC1CCS(C)(=O)=O. The van der Waals surface area contributed by atoms with Crippen LogP contribution in [0.3, 0.4) is 0 Å². The van der Waals surface area contributed by atoms with Crippen molar-refractivity contribution in [1.82, 2.24) is 5.32 Å². The second-order valence-corrected chi connectivity index (χ2v) is 10.3. The summed E-state index contributed by atoms with van der Waals surface area (Å²) in [7, 11) is -2.85. The molecule has 3 nitrogen and oxygen atoms in total. The summed E-state index contributed by atoms with van der Waals surface area (Å²) in [5, 5.41) is 3.54. The first kappa shape index (κ1) is 19.0. The van der Waals surface area contributed by atoms with Crippen molar-refractivity contribution < 1.29 is 8.42 Å². The van der Waals surface area contributed by atoms with Gasteiger partial charge in [-0.15, -0.1) is 0 Å². The maximum Gasteiger partial charge on any atom is 0.147 e. The molecule has 3 unspecified atom stereocenters. The van der Waals surface area contributed by atoms with Crippen molar-refractivity contribution in [3.63, 3.8) is 0 Å². The van der Waals surface area contributed by atoms with Crippen LogP contribution >= 0.6 is 0 Å². The predicted octanol–water partition coefficient (Wildman–Crippen LogP) is 3.50. The Morgan fingerprint density at radius 3 is 2.33 bits per heavy atom. The lowest BCUT2D eigenvalue weighted by atomic mass is 9.65. The first-order chi connectivity index (χ1) is 9.63. The van der Waals surface area contributed by atoms with Gasteiger partial charge in [-0.1, -0.05) is 27.7 Å². The van der Waals surface area contributed by atoms with Gasteiger partial charge in [0, 0.05) is 6.26 Å². The quantitative estimate of drug-likeness (QED) is 0.731. The minimum absolute atomic E-state index is 0.338. The number of hydrogen-bond donors (Lipinski definition) is 1. The van der Waals surface area contributed by atoms with Crippen LogP contribution in [0.25, 0.3) is 0 Å². The minimum atomic E-state index is -2.85. The average molecular weight is 318 g/mol. The van der Waals surface area contributed by atoms with Crippen molar-refractivity contribution in [2.75, 3.05) is 25.1 Å². The van der Waals surface area contributed by atoms with Crippen molar-refractivity contribution >= 4 is 9.84 Å². The van der Waals surface area contributed by atoms with Crippen LogP contribution in [-0.2, 0) is 9.84 Å². The third-order valence-corrected chi connectivity index (χ3v) is 6.03. The fraction of sp³-hybridized carbons (Fsp3) is 1.00. The molecule has 0 spiro atoms. The van der Waals surface area contributed by atoms with Crippen molar-refractivity contribution in [1.29, 1.82) is 0 Å². The molecule has 0 radical (unpaired) electrons. The van der Waals surface area contributed by atoms with Gasteiger partial charge in [-0.3, -0.25) is 0 Å². The number of nitrogens with one attached hydrogen (secondary N) is 1. The Hall–Kier alpha value is -0.0900. The topological polar surface area (TPSA) is 46.2 Å². The van der Waals surface area contributed by atoms with Gasteiger partial charge in [0.15, 0.2) is 0 Å². The van der Waals surface area contributed by atoms with Crippen LogP contribution < -0.4 is 5.32 Å². The Labute approximate surface area is 132 Å². The Balaban J connectivity index is 2.64. The van der Waals surface area contributed by atoms with E-state index in [2.05, 4.69) is 33.0 Å². The van der Waals surface area contributed by atoms with Gasteiger partial charge in [-0.25, -0.2) is 8.42 Å². The highest BCUT2D eigenvalue weighted by molar-refractivity contribution is 7.90. The van der Waals surface area contributed by atoms with E-state index in [0.29, 0.717) is 23.0 Å². The van der Waals surface area contributed by atoms with E-state index in [0.717, 1.165) is 31.8 Å². The summed E-state index contributed by atoms with van der Waals surface area (Å²) in [6, 6.07) is 0. The zero-order valence-electron chi connectivity index (χ0n) is 14.6. The van der Waals surface area contributed by atoms with Gasteiger partial charge in [-0.2, -0.15) is 0 Å². The van der Waals surface area contributed by atoms with Gasteiger partial charge in [-0.05, 0) is 68.4 Å². The standard InChI is InChI=1S/C17H35NO2S/c1-6-10-18-13-15-7-8-16(17(2,3)4)12-14(15)9-11-21(5,19)20/h14-16,18H,6-13H2,1-5H3. The van der Waals surface area contributed by atoms with Gasteiger partial charge >= 0.3 is 0 Å². The Kier molecular flexibility index (Phi) is 7.18. The lowest BCUT2D eigenvalue weighted by molar-refractivity contribution is 0.0955. The normalized spacial score (nSPS) is 27.8. The van der Waals surface area contributed by atoms with Crippen molar-refractivity contribution in [2.24, 2.45) is 23.2 Å². The second kappa shape index (κ2) is 7.96. The fourth-order valence-corrected chi connectivity index (χ4v) is 4.30. The van der Waals surface area contributed by atoms with E-state index >= 15 is 0 Å². The van der Waals surface area contributed by atoms with E-state index in [9.17, 15) is 8.42 Å². The van der Waals surface area contributed by atoms with E-state index < -0.39 is 9.84 Å². The summed E-state index contributed by atoms with van der Waals surface area (Å²) in [6.45, 7) is 11.3. The molecule has 0 aromatic rings. The van der Waals surface area contributed by atoms with Gasteiger partial charge in [0.05, 0.1) is 5.75 Å². The Morgan fingerprint density at radius 1 is 1.14 bits per heavy atom. The zero-order valence-corrected chi connectivity index (χ0v) is 15.4. The smallest absolute Gasteiger partial charge is 0.147 e. The van der Waals surface area contributed by atoms with E-state index in [4.69, 9.17) is 0 Å². The maximum absolute atomic E-state index is 11.5. The zero-order chi connectivity index (χ0) is 16.1. The molecule has 0 aromatic carbocycles. The van der Waals surface area contributed by atoms with Gasteiger partial charge in [0.25, 0.3) is 0 Å². The van der Waals surface area contributed by atoms with Gasteiger partial charge in [0.1, 0.15) is 9.84 Å². The highest BCUT2D eigenvalue weighted by Gasteiger charge is 2.35. The minimum Gasteiger partial charge on any atom is -0.316 e. The molecule has 1 aliphatic rings. The first-order valence-electron chi connectivity index (χ1n) is 8.52. The molecule has 3 atom stereocenters. The van der Waals surface area contributed by atoms with Crippen LogP contribution in [0.1, 0.15) is 59.8 Å². The van der Waals surface area contributed by atoms with Gasteiger partial charge < -0.3 is 5.32 Å². The molecule has 1 N–H and O–H groups in total. The van der Waals surface area contributed by atoms with E-state index in [1.165, 1.54) is 25.5 Å². The molecule has 21 heavy (non-hydrogen) atoms. The lowest BCUT2D eigenvalue weighted by Crippen LogP contribution is -2.37. The molecule has 0 aromatic heterocycles. The molecular weight excluding hydrogens is 282 g/mol. The first-order valence-corrected chi connectivity index (χ1v) is 10.6. The number of hydrogen-bond acceptors (Lipinski definition) is 3. The summed E-state index contributed by atoms with van der Waals surface area (Å²) < 4.78 is 23.0. The number of sulfone groups is 1. The molecule has 0 heterocycles. The van der Waals surface area contributed by atoms with Crippen LogP contribution in [0.15, 0.2) is 0 Å². The maximum atomic E-state index is 11.5. The fourth-order valence-electron chi connectivity index (χ4n) is 3.57. The van der Waals surface area contributed by atoms with E-state index in [1.807, 2.05) is 0 Å². The van der Waals surface area contributed by atoms with Crippen LogP contribution in [0.5, 0.6) is 0 Å². The predicted molar refractivity (Wildman–Crippen MR) is 91.3 cm³/mol. The average Bonchev–Trinajstić information content (AvgIpc) is 2.35. The van der Waals surface area contributed by atoms with Crippen LogP contribution in [-0.4, -0.2) is 33.5 Å². The molecule has 0 amide bonds. The van der Waals surface area contributed by atoms with Crippen LogP contribution in [0, 0.1) is 23.2 Å². The lowest BCUT2D eigenvalue weighted by Gasteiger charge is -2.42. The summed E-state index contributed by atoms with van der Waals surface area (Å²) in [5.74, 6) is 2.28. The number of rotatable bonds is 7. The van der Waals surface area contributed by atoms with Crippen LogP contribution in [0.4, 0.5) is 0 Å². The highest BCUT2D eigenvalue weighted by Crippen LogP contribution is 2.43. The summed E-state index contributed by atoms with van der Waals surface area (Å²) in [6.07, 6.45) is 7.08. The molecule has 0 bridgehead atoms. The largest absolute Gasteiger partial charge is 0.316 e. The molecule has 4 heteroatoms. The molecule has 126 valence electrons. The molecule has 1 fully saturated rings. The monoisotopic (exact) mass is 317 g/mol. The van der Waals surface area contributed by atoms with Crippen LogP contribution in [0.2, 0.25) is 0 Å². The molecule has 0 saturated heterocycles. The van der Waals surface area contributed by atoms with Crippen molar-refractivity contribution in [2.45, 2.75) is 59.8 Å². The molecule has 1 aliphatic carbocycles. The summed E-state index contributed by atoms with van der Waals surface area (Å²) in [4.78, 5) is 0. The highest BCUT2D eigenvalue weighted by atomic mass is 32.2. The second-order valence-electron chi connectivity index (χ2n) is 8.02. The third-order valence-electron chi connectivity index (χ3n) is 5.06. The van der Waals surface area contributed by atoms with E-state index in [-0.39, 0.29) is 0 Å². The third kappa shape index (κ3) is 7.14. The van der Waals surface area contributed by atoms with Gasteiger partial charge in [0.2, 0.25) is 0 Å². The Morgan fingerprint density at radius 2 is 1.81 bits per heavy atom.